The van der Waals surface area contributed by atoms with Gasteiger partial charge in [-0.1, -0.05) is 42.5 Å². The van der Waals surface area contributed by atoms with Crippen molar-refractivity contribution in [3.8, 4) is 11.3 Å². The highest BCUT2D eigenvalue weighted by molar-refractivity contribution is 6.06. The summed E-state index contributed by atoms with van der Waals surface area (Å²) in [5.41, 5.74) is 5.71. The molecule has 0 N–H and O–H groups in total. The topological polar surface area (TPSA) is 54.3 Å². The fourth-order valence-electron chi connectivity index (χ4n) is 4.38. The monoisotopic (exact) mass is 425 g/mol. The van der Waals surface area contributed by atoms with E-state index >= 15 is 0 Å². The Bertz CT molecular complexity index is 1260. The molecule has 3 heterocycles. The summed E-state index contributed by atoms with van der Waals surface area (Å²) in [4.78, 5) is 22.8. The molecule has 1 amide bonds. The van der Waals surface area contributed by atoms with Gasteiger partial charge in [0.05, 0.1) is 22.8 Å². The first-order chi connectivity index (χ1) is 15.6. The van der Waals surface area contributed by atoms with Crippen molar-refractivity contribution in [3.63, 3.8) is 0 Å². The molecule has 1 saturated heterocycles. The molecular formula is C26H27N5O. The van der Waals surface area contributed by atoms with Crippen molar-refractivity contribution < 1.29 is 4.79 Å². The molecule has 2 aromatic carbocycles. The van der Waals surface area contributed by atoms with Crippen molar-refractivity contribution in [1.82, 2.24) is 19.7 Å². The molecule has 5 rings (SSSR count). The Morgan fingerprint density at radius 1 is 0.969 bits per heavy atom. The number of carbonyl (C=O) groups is 1. The molecule has 0 unspecified atom stereocenters. The third-order valence-electron chi connectivity index (χ3n) is 6.14. The highest BCUT2D eigenvalue weighted by Gasteiger charge is 2.25. The number of rotatable bonds is 4. The molecule has 0 saturated carbocycles. The molecule has 0 aliphatic carbocycles. The molecule has 1 aliphatic rings. The second-order valence-electron chi connectivity index (χ2n) is 8.24. The Morgan fingerprint density at radius 2 is 1.75 bits per heavy atom. The number of carbonyl (C=O) groups excluding carboxylic acids is 1. The minimum Gasteiger partial charge on any atom is -0.368 e. The first kappa shape index (κ1) is 20.2. The second kappa shape index (κ2) is 8.46. The van der Waals surface area contributed by atoms with Crippen LogP contribution in [-0.2, 0) is 6.54 Å². The molecule has 1 aliphatic heterocycles. The standard InChI is InChI=1S/C26H27N5O/c1-3-31-25-23(18-27-31)22(17-24(28-25)20-9-5-4-6-10-20)26(32)30-14-12-29(13-15-30)21-11-7-8-19(2)16-21/h4-11,16-18H,3,12-15H2,1-2H3. The van der Waals surface area contributed by atoms with E-state index in [1.165, 1.54) is 11.3 Å². The minimum absolute atomic E-state index is 0.0501. The van der Waals surface area contributed by atoms with Crippen molar-refractivity contribution in [2.75, 3.05) is 31.1 Å². The lowest BCUT2D eigenvalue weighted by atomic mass is 10.1. The Hall–Kier alpha value is -3.67. The maximum atomic E-state index is 13.6. The molecular weight excluding hydrogens is 398 g/mol. The van der Waals surface area contributed by atoms with Crippen LogP contribution in [0.5, 0.6) is 0 Å². The fourth-order valence-corrected chi connectivity index (χ4v) is 4.38. The van der Waals surface area contributed by atoms with Crippen LogP contribution in [0.25, 0.3) is 22.3 Å². The molecule has 0 atom stereocenters. The third kappa shape index (κ3) is 3.73. The number of anilines is 1. The van der Waals surface area contributed by atoms with Gasteiger partial charge < -0.3 is 9.80 Å². The van der Waals surface area contributed by atoms with Crippen LogP contribution in [0.2, 0.25) is 0 Å². The van der Waals surface area contributed by atoms with Crippen molar-refractivity contribution in [1.29, 1.82) is 0 Å². The first-order valence-corrected chi connectivity index (χ1v) is 11.2. The van der Waals surface area contributed by atoms with E-state index in [1.54, 1.807) is 6.20 Å². The summed E-state index contributed by atoms with van der Waals surface area (Å²) in [5, 5.41) is 5.29. The molecule has 6 heteroatoms. The van der Waals surface area contributed by atoms with Crippen molar-refractivity contribution >= 4 is 22.6 Å². The van der Waals surface area contributed by atoms with E-state index in [0.717, 1.165) is 35.4 Å². The molecule has 1 fully saturated rings. The Morgan fingerprint density at radius 3 is 2.47 bits per heavy atom. The van der Waals surface area contributed by atoms with Crippen molar-refractivity contribution in [3.05, 3.63) is 78.0 Å². The number of aromatic nitrogens is 3. The van der Waals surface area contributed by atoms with Gasteiger partial charge in [0.2, 0.25) is 0 Å². The molecule has 0 radical (unpaired) electrons. The average Bonchev–Trinajstić information content (AvgIpc) is 3.27. The smallest absolute Gasteiger partial charge is 0.254 e. The summed E-state index contributed by atoms with van der Waals surface area (Å²) in [5.74, 6) is 0.0501. The Kier molecular flexibility index (Phi) is 5.35. The zero-order valence-electron chi connectivity index (χ0n) is 18.5. The Labute approximate surface area is 188 Å². The van der Waals surface area contributed by atoms with Gasteiger partial charge in [0.25, 0.3) is 5.91 Å². The van der Waals surface area contributed by atoms with Crippen LogP contribution in [0.4, 0.5) is 5.69 Å². The molecule has 2 aromatic heterocycles. The number of amides is 1. The van der Waals surface area contributed by atoms with Gasteiger partial charge in [-0.15, -0.1) is 0 Å². The van der Waals surface area contributed by atoms with Gasteiger partial charge in [-0.25, -0.2) is 9.67 Å². The molecule has 32 heavy (non-hydrogen) atoms. The number of fused-ring (bicyclic) bond motifs is 1. The summed E-state index contributed by atoms with van der Waals surface area (Å²) in [6, 6.07) is 20.5. The zero-order valence-corrected chi connectivity index (χ0v) is 18.5. The number of piperazine rings is 1. The maximum absolute atomic E-state index is 13.6. The lowest BCUT2D eigenvalue weighted by molar-refractivity contribution is 0.0748. The quantitative estimate of drug-likeness (QED) is 0.487. The Balaban J connectivity index is 1.45. The molecule has 6 nitrogen and oxygen atoms in total. The molecule has 0 bridgehead atoms. The number of nitrogens with zero attached hydrogens (tertiary/aromatic N) is 5. The van der Waals surface area contributed by atoms with E-state index in [0.29, 0.717) is 25.2 Å². The van der Waals surface area contributed by atoms with Gasteiger partial charge in [-0.05, 0) is 37.6 Å². The number of pyridine rings is 1. The van der Waals surface area contributed by atoms with Crippen LogP contribution < -0.4 is 4.90 Å². The van der Waals surface area contributed by atoms with Crippen molar-refractivity contribution in [2.45, 2.75) is 20.4 Å². The van der Waals surface area contributed by atoms with E-state index < -0.39 is 0 Å². The maximum Gasteiger partial charge on any atom is 0.254 e. The predicted octanol–water partition coefficient (Wildman–Crippen LogP) is 4.39. The zero-order chi connectivity index (χ0) is 22.1. The van der Waals surface area contributed by atoms with Gasteiger partial charge >= 0.3 is 0 Å². The van der Waals surface area contributed by atoms with E-state index in [1.807, 2.05) is 52.9 Å². The summed E-state index contributed by atoms with van der Waals surface area (Å²) in [6.45, 7) is 7.89. The molecule has 4 aromatic rings. The number of hydrogen-bond donors (Lipinski definition) is 0. The largest absolute Gasteiger partial charge is 0.368 e. The first-order valence-electron chi connectivity index (χ1n) is 11.2. The summed E-state index contributed by atoms with van der Waals surface area (Å²) in [7, 11) is 0. The fraction of sp³-hybridized carbons (Fsp3) is 0.269. The molecule has 0 spiro atoms. The second-order valence-corrected chi connectivity index (χ2v) is 8.24. The number of benzene rings is 2. The lowest BCUT2D eigenvalue weighted by Gasteiger charge is -2.36. The normalized spacial score (nSPS) is 14.2. The highest BCUT2D eigenvalue weighted by atomic mass is 16.2. The summed E-state index contributed by atoms with van der Waals surface area (Å²) in [6.07, 6.45) is 1.77. The summed E-state index contributed by atoms with van der Waals surface area (Å²) >= 11 is 0. The third-order valence-corrected chi connectivity index (χ3v) is 6.14. The van der Waals surface area contributed by atoms with Gasteiger partial charge in [-0.3, -0.25) is 4.79 Å². The number of aryl methyl sites for hydroxylation is 2. The van der Waals surface area contributed by atoms with Crippen LogP contribution >= 0.6 is 0 Å². The van der Waals surface area contributed by atoms with Crippen LogP contribution in [0, 0.1) is 6.92 Å². The SMILES string of the molecule is CCn1ncc2c(C(=O)N3CCN(c4cccc(C)c4)CC3)cc(-c3ccccc3)nc21. The van der Waals surface area contributed by atoms with E-state index in [4.69, 9.17) is 4.98 Å². The highest BCUT2D eigenvalue weighted by Crippen LogP contribution is 2.27. The van der Waals surface area contributed by atoms with Gasteiger partial charge in [0.15, 0.2) is 5.65 Å². The molecule has 162 valence electrons. The van der Waals surface area contributed by atoms with E-state index in [2.05, 4.69) is 41.2 Å². The van der Waals surface area contributed by atoms with Gasteiger partial charge in [0.1, 0.15) is 0 Å². The van der Waals surface area contributed by atoms with Crippen molar-refractivity contribution in [2.24, 2.45) is 0 Å². The van der Waals surface area contributed by atoms with Crippen LogP contribution in [0.1, 0.15) is 22.8 Å². The summed E-state index contributed by atoms with van der Waals surface area (Å²) < 4.78 is 1.86. The minimum atomic E-state index is 0.0501. The van der Waals surface area contributed by atoms with Crippen LogP contribution in [0.15, 0.2) is 66.9 Å². The average molecular weight is 426 g/mol. The van der Waals surface area contributed by atoms with Gasteiger partial charge in [-0.2, -0.15) is 5.10 Å². The van der Waals surface area contributed by atoms with E-state index in [-0.39, 0.29) is 5.91 Å². The van der Waals surface area contributed by atoms with Crippen LogP contribution in [-0.4, -0.2) is 51.8 Å². The van der Waals surface area contributed by atoms with Gasteiger partial charge in [0, 0.05) is 44.0 Å². The lowest BCUT2D eigenvalue weighted by Crippen LogP contribution is -2.48. The number of hydrogen-bond acceptors (Lipinski definition) is 4. The van der Waals surface area contributed by atoms with Crippen LogP contribution in [0.3, 0.4) is 0 Å². The predicted molar refractivity (Wildman–Crippen MR) is 128 cm³/mol. The van der Waals surface area contributed by atoms with E-state index in [9.17, 15) is 4.79 Å².